The van der Waals surface area contributed by atoms with Crippen LogP contribution in [0.2, 0.25) is 0 Å². The Morgan fingerprint density at radius 3 is 2.23 bits per heavy atom. The molecule has 0 spiro atoms. The molecule has 2 aromatic carbocycles. The quantitative estimate of drug-likeness (QED) is 0.316. The molecule has 0 saturated heterocycles. The molecular formula is C36H50N4O8. The lowest BCUT2D eigenvalue weighted by Crippen LogP contribution is -2.47. The summed E-state index contributed by atoms with van der Waals surface area (Å²) in [5.74, 6) is -1.19. The normalized spacial score (nSPS) is 18.9. The summed E-state index contributed by atoms with van der Waals surface area (Å²) in [6, 6.07) is 7.95. The van der Waals surface area contributed by atoms with Gasteiger partial charge in [0.05, 0.1) is 26.3 Å². The largest absolute Gasteiger partial charge is 0.496 e. The fourth-order valence-corrected chi connectivity index (χ4v) is 5.68. The van der Waals surface area contributed by atoms with Crippen LogP contribution >= 0.6 is 0 Å². The van der Waals surface area contributed by atoms with Gasteiger partial charge in [-0.25, -0.2) is 4.79 Å². The smallest absolute Gasteiger partial charge is 0.407 e. The van der Waals surface area contributed by atoms with Gasteiger partial charge in [-0.1, -0.05) is 19.1 Å². The van der Waals surface area contributed by atoms with Crippen molar-refractivity contribution in [2.45, 2.75) is 90.4 Å². The molecule has 48 heavy (non-hydrogen) atoms. The minimum Gasteiger partial charge on any atom is -0.496 e. The fourth-order valence-electron chi connectivity index (χ4n) is 5.68. The highest BCUT2D eigenvalue weighted by molar-refractivity contribution is 5.95. The van der Waals surface area contributed by atoms with Gasteiger partial charge in [-0.2, -0.15) is 0 Å². The number of carbonyl (C=O) groups is 5. The van der Waals surface area contributed by atoms with E-state index in [0.717, 1.165) is 5.56 Å². The summed E-state index contributed by atoms with van der Waals surface area (Å²) in [6.45, 7) is 8.74. The minimum atomic E-state index is -1.07. The maximum Gasteiger partial charge on any atom is 0.407 e. The highest BCUT2D eigenvalue weighted by Gasteiger charge is 2.34. The third-order valence-corrected chi connectivity index (χ3v) is 8.26. The summed E-state index contributed by atoms with van der Waals surface area (Å²) >= 11 is 0. The zero-order chi connectivity index (χ0) is 35.8. The first kappa shape index (κ1) is 38.0. The second-order valence-corrected chi connectivity index (χ2v) is 13.3. The van der Waals surface area contributed by atoms with Crippen LogP contribution in [0.3, 0.4) is 0 Å². The maximum atomic E-state index is 14.1. The van der Waals surface area contributed by atoms with Gasteiger partial charge in [0.1, 0.15) is 23.1 Å². The van der Waals surface area contributed by atoms with E-state index in [0.29, 0.717) is 54.0 Å². The van der Waals surface area contributed by atoms with Crippen LogP contribution in [0.4, 0.5) is 4.79 Å². The van der Waals surface area contributed by atoms with Crippen molar-refractivity contribution in [3.8, 4) is 22.6 Å². The van der Waals surface area contributed by atoms with Crippen LogP contribution in [-0.4, -0.2) is 79.9 Å². The first-order valence-electron chi connectivity index (χ1n) is 16.2. The maximum absolute atomic E-state index is 14.1. The summed E-state index contributed by atoms with van der Waals surface area (Å²) in [5.41, 5.74) is 8.34. The number of alkyl carbamates (subject to hydrolysis) is 1. The number of ether oxygens (including phenoxy) is 3. The predicted molar refractivity (Wildman–Crippen MR) is 182 cm³/mol. The Hall–Kier alpha value is -4.45. The number of fused-ring (bicyclic) bond motifs is 5. The molecule has 4 N–H and O–H groups in total. The molecule has 12 heteroatoms. The van der Waals surface area contributed by atoms with Crippen LogP contribution in [0.1, 0.15) is 77.5 Å². The number of methoxy groups -OCH3 is 2. The first-order chi connectivity index (χ1) is 22.6. The third kappa shape index (κ3) is 10.0. The molecule has 2 aromatic rings. The number of unbranched alkanes of at least 4 members (excludes halogenated alkanes) is 1. The number of nitrogens with two attached hydrogens (primary N) is 1. The molecule has 1 aliphatic rings. The Balaban J connectivity index is 1.96. The molecule has 4 atom stereocenters. The van der Waals surface area contributed by atoms with E-state index in [1.165, 1.54) is 26.0 Å². The van der Waals surface area contributed by atoms with Crippen LogP contribution in [-0.2, 0) is 30.3 Å². The molecule has 0 radical (unpaired) electrons. The Labute approximate surface area is 283 Å². The molecule has 0 aromatic heterocycles. The molecule has 12 nitrogen and oxygen atoms in total. The number of carbonyl (C=O) groups excluding carboxylic acids is 5. The van der Waals surface area contributed by atoms with Gasteiger partial charge in [-0.05, 0) is 88.8 Å². The van der Waals surface area contributed by atoms with Gasteiger partial charge in [0, 0.05) is 37.1 Å². The van der Waals surface area contributed by atoms with E-state index >= 15 is 0 Å². The molecule has 3 amide bonds. The van der Waals surface area contributed by atoms with Crippen molar-refractivity contribution >= 4 is 29.5 Å². The van der Waals surface area contributed by atoms with E-state index in [1.54, 1.807) is 59.1 Å². The number of hydrogen-bond donors (Lipinski definition) is 3. The predicted octanol–water partition coefficient (Wildman–Crippen LogP) is 4.12. The summed E-state index contributed by atoms with van der Waals surface area (Å²) in [5, 5.41) is 5.50. The molecule has 0 aliphatic carbocycles. The average molecular weight is 667 g/mol. The van der Waals surface area contributed by atoms with Crippen molar-refractivity contribution in [3.63, 3.8) is 0 Å². The van der Waals surface area contributed by atoms with Gasteiger partial charge < -0.3 is 35.5 Å². The van der Waals surface area contributed by atoms with Gasteiger partial charge in [0.2, 0.25) is 11.8 Å². The SMILES string of the molecule is COc1ccc2cc1-c1cc(ccc1OC)[C@H](N(C)C(=O)[C@@H](N)CCCCNC(=O)OC(C)(C)C)C(=O)C[C@@H](C)C(=O)N[C@H](C(C)=O)C2. The van der Waals surface area contributed by atoms with Crippen molar-refractivity contribution in [2.75, 3.05) is 27.8 Å². The fraction of sp³-hybridized carbons (Fsp3) is 0.528. The molecule has 4 bridgehead atoms. The molecule has 3 rings (SSSR count). The van der Waals surface area contributed by atoms with E-state index in [2.05, 4.69) is 10.6 Å². The second kappa shape index (κ2) is 16.6. The lowest BCUT2D eigenvalue weighted by Gasteiger charge is -2.31. The molecule has 1 heterocycles. The molecular weight excluding hydrogens is 616 g/mol. The van der Waals surface area contributed by atoms with E-state index < -0.39 is 47.6 Å². The number of Topliss-reactive ketones (excluding diaryl/α,β-unsaturated/α-hetero) is 2. The second-order valence-electron chi connectivity index (χ2n) is 13.3. The molecule has 0 saturated carbocycles. The third-order valence-electron chi connectivity index (χ3n) is 8.26. The van der Waals surface area contributed by atoms with Crippen LogP contribution in [0.5, 0.6) is 11.5 Å². The van der Waals surface area contributed by atoms with Crippen LogP contribution in [0.25, 0.3) is 11.1 Å². The van der Waals surface area contributed by atoms with Crippen LogP contribution < -0.4 is 25.8 Å². The van der Waals surface area contributed by atoms with Crippen molar-refractivity contribution in [1.82, 2.24) is 15.5 Å². The topological polar surface area (TPSA) is 166 Å². The Morgan fingerprint density at radius 1 is 1.00 bits per heavy atom. The standard InChI is InChI=1S/C36H50N4O8/c1-21-17-29(42)32(40(6)34(44)27(37)11-9-10-16-38-35(45)48-36(3,4)5)24-13-15-31(47-8)26(20-24)25-18-23(12-14-30(25)46-7)19-28(22(2)41)39-33(21)43/h12-15,18,20-21,27-28,32H,9-11,16-17,19,37H2,1-8H3,(H,38,45)(H,39,43)/t21-,27+,28+,32+/m1/s1. The number of hydrogen-bond acceptors (Lipinski definition) is 9. The Kier molecular flexibility index (Phi) is 13.1. The highest BCUT2D eigenvalue weighted by Crippen LogP contribution is 2.40. The Bertz CT molecular complexity index is 1500. The van der Waals surface area contributed by atoms with E-state index in [1.807, 2.05) is 12.1 Å². The van der Waals surface area contributed by atoms with Crippen molar-refractivity contribution < 1.29 is 38.2 Å². The van der Waals surface area contributed by atoms with Crippen LogP contribution in [0.15, 0.2) is 36.4 Å². The highest BCUT2D eigenvalue weighted by atomic mass is 16.6. The number of nitrogens with zero attached hydrogens (tertiary/aromatic N) is 1. The monoisotopic (exact) mass is 666 g/mol. The lowest BCUT2D eigenvalue weighted by atomic mass is 9.89. The lowest BCUT2D eigenvalue weighted by molar-refractivity contribution is -0.140. The van der Waals surface area contributed by atoms with Gasteiger partial charge in [0.25, 0.3) is 0 Å². The van der Waals surface area contributed by atoms with Crippen molar-refractivity contribution in [2.24, 2.45) is 11.7 Å². The summed E-state index contributed by atoms with van der Waals surface area (Å²) in [4.78, 5) is 66.8. The minimum absolute atomic E-state index is 0.180. The summed E-state index contributed by atoms with van der Waals surface area (Å²) in [7, 11) is 4.61. The number of nitrogens with one attached hydrogen (secondary N) is 2. The average Bonchev–Trinajstić information content (AvgIpc) is 3.02. The zero-order valence-corrected chi connectivity index (χ0v) is 29.3. The van der Waals surface area contributed by atoms with Crippen molar-refractivity contribution in [3.05, 3.63) is 47.5 Å². The van der Waals surface area contributed by atoms with Gasteiger partial charge >= 0.3 is 6.09 Å². The van der Waals surface area contributed by atoms with Gasteiger partial charge in [-0.15, -0.1) is 0 Å². The van der Waals surface area contributed by atoms with Crippen LogP contribution in [0, 0.1) is 5.92 Å². The van der Waals surface area contributed by atoms with Crippen molar-refractivity contribution in [1.29, 1.82) is 0 Å². The summed E-state index contributed by atoms with van der Waals surface area (Å²) in [6.07, 6.45) is 0.993. The van der Waals surface area contributed by atoms with E-state index in [9.17, 15) is 24.0 Å². The van der Waals surface area contributed by atoms with E-state index in [-0.39, 0.29) is 24.4 Å². The number of likely N-dealkylation sites (N-methyl/N-ethyl adjacent to an activating group) is 1. The molecule has 262 valence electrons. The summed E-state index contributed by atoms with van der Waals surface area (Å²) < 4.78 is 16.6. The molecule has 1 aliphatic heterocycles. The van der Waals surface area contributed by atoms with E-state index in [4.69, 9.17) is 19.9 Å². The first-order valence-corrected chi connectivity index (χ1v) is 16.2. The Morgan fingerprint density at radius 2 is 1.62 bits per heavy atom. The number of rotatable bonds is 10. The van der Waals surface area contributed by atoms with Gasteiger partial charge in [-0.3, -0.25) is 19.2 Å². The number of amides is 3. The zero-order valence-electron chi connectivity index (χ0n) is 29.3. The molecule has 0 fully saturated rings. The number of ketones is 2. The van der Waals surface area contributed by atoms with Gasteiger partial charge in [0.15, 0.2) is 11.6 Å². The number of benzene rings is 2. The molecule has 0 unspecified atom stereocenters.